The Bertz CT molecular complexity index is 3040. The minimum Gasteiger partial charge on any atom is -0.870 e. The van der Waals surface area contributed by atoms with Crippen LogP contribution in [0.1, 0.15) is 87.3 Å². The maximum atomic E-state index is 15.1. The van der Waals surface area contributed by atoms with Gasteiger partial charge in [-0.25, -0.2) is 33.7 Å². The van der Waals surface area contributed by atoms with Crippen LogP contribution >= 0.6 is 23.2 Å². The van der Waals surface area contributed by atoms with Gasteiger partial charge in [-0.3, -0.25) is 14.2 Å². The van der Waals surface area contributed by atoms with Crippen molar-refractivity contribution >= 4 is 58.5 Å². The monoisotopic (exact) mass is 1030 g/mol. The van der Waals surface area contributed by atoms with Gasteiger partial charge in [0, 0.05) is 50.3 Å². The van der Waals surface area contributed by atoms with Crippen LogP contribution in [0.5, 0.6) is 0 Å². The summed E-state index contributed by atoms with van der Waals surface area (Å²) in [6, 6.07) is 6.36. The molecule has 70 heavy (non-hydrogen) atoms. The van der Waals surface area contributed by atoms with Crippen molar-refractivity contribution in [2.24, 2.45) is 19.8 Å². The Labute approximate surface area is 451 Å². The number of nitrogens with two attached hydrogens (primary N) is 1. The van der Waals surface area contributed by atoms with Crippen molar-refractivity contribution < 1.29 is 84.3 Å². The second-order valence-electron chi connectivity index (χ2n) is 16.7. The molecule has 0 atom stereocenters. The van der Waals surface area contributed by atoms with Crippen LogP contribution in [0.15, 0.2) is 70.8 Å². The second-order valence-corrected chi connectivity index (χ2v) is 17.5. The van der Waals surface area contributed by atoms with Crippen molar-refractivity contribution in [3.63, 3.8) is 0 Å². The Hall–Kier alpha value is -5.90. The van der Waals surface area contributed by atoms with E-state index in [1.165, 1.54) is 25.0 Å². The number of ketones is 1. The van der Waals surface area contributed by atoms with E-state index in [2.05, 4.69) is 75.5 Å². The smallest absolute Gasteiger partial charge is 0.870 e. The van der Waals surface area contributed by atoms with Crippen molar-refractivity contribution in [1.82, 2.24) is 69.7 Å². The summed E-state index contributed by atoms with van der Waals surface area (Å²) in [6.07, 6.45) is 11.1. The molecule has 2 aromatic carbocycles. The normalized spacial score (nSPS) is 11.0. The number of carbonyl (C=O) groups is 1. The number of nitrogens with one attached hydrogen (secondary N) is 2. The van der Waals surface area contributed by atoms with Crippen molar-refractivity contribution in [3.8, 4) is 22.8 Å². The fourth-order valence-corrected chi connectivity index (χ4v) is 6.14. The van der Waals surface area contributed by atoms with Gasteiger partial charge in [0.1, 0.15) is 18.5 Å². The Morgan fingerprint density at radius 2 is 1.20 bits per heavy atom. The van der Waals surface area contributed by atoms with Gasteiger partial charge in [0.05, 0.1) is 44.9 Å². The third kappa shape index (κ3) is 14.8. The first-order chi connectivity index (χ1) is 32.2. The molecule has 22 nitrogen and oxygen atoms in total. The number of hydrogen-bond donors (Lipinski definition) is 3. The molecule has 0 aliphatic heterocycles. The second kappa shape index (κ2) is 24.8. The molecule has 0 aliphatic rings. The Morgan fingerprint density at radius 3 is 1.61 bits per heavy atom. The molecule has 8 rings (SSSR count). The van der Waals surface area contributed by atoms with Crippen LogP contribution in [-0.2, 0) is 42.7 Å². The van der Waals surface area contributed by atoms with Crippen LogP contribution in [0.2, 0.25) is 10.0 Å². The van der Waals surface area contributed by atoms with Crippen LogP contribution in [-0.4, -0.2) is 87.3 Å². The number of halogens is 4. The van der Waals surface area contributed by atoms with Gasteiger partial charge in [-0.15, -0.1) is 0 Å². The first-order valence-corrected chi connectivity index (χ1v) is 21.1. The van der Waals surface area contributed by atoms with Gasteiger partial charge < -0.3 is 35.7 Å². The number of nitrogens with zero attached hydrogens (tertiary/aromatic N) is 14. The van der Waals surface area contributed by atoms with E-state index in [1.807, 2.05) is 41.5 Å². The Kier molecular flexibility index (Phi) is 20.1. The molecule has 0 unspecified atom stereocenters. The summed E-state index contributed by atoms with van der Waals surface area (Å²) in [4.78, 5) is 55.0. The Balaban J connectivity index is 0.000000255. The van der Waals surface area contributed by atoms with Crippen LogP contribution in [0, 0.1) is 11.6 Å². The maximum Gasteiger partial charge on any atom is 1.00 e. The molecule has 0 aliphatic carbocycles. The van der Waals surface area contributed by atoms with Gasteiger partial charge >= 0.3 is 51.4 Å². The molecule has 5 N–H and O–H groups in total. The molecule has 0 amide bonds. The quantitative estimate of drug-likeness (QED) is 0.0876. The number of anilines is 4. The zero-order valence-electron chi connectivity index (χ0n) is 39.3. The van der Waals surface area contributed by atoms with Crippen molar-refractivity contribution in [3.05, 3.63) is 118 Å². The van der Waals surface area contributed by atoms with Gasteiger partial charge in [-0.2, -0.15) is 31.4 Å². The molecule has 0 fully saturated rings. The molecular formula is C43H45Cl2F2KN17O5-. The standard InChI is InChI=1S/C22H22ClFN8O2.C14H13ClFN7.C7H9N2O2.K.H2O/c1-22(2,3)20-30-19(34-31-20)15(33)8-6-12-5-7-14(17(24)16(12)23)18-25-11-26-21(29-18)28-13-9-27-32(4)10-13;1-23-6-9(5-20-23)21-14-19-7-18-13(22-14)10-3-2-8(4-17)11(15)12(10)16;1-7(2,3)6-8-5(4-10)11-9-6;;/h5,7,9-11H,6,8H2,1-4H3,(H,25,26,28,29);2-3,5-7H,4,17H2,1H3,(H,18,19,21,22);1-3H3;;1H2/q;;-1;+1;/p-1. The van der Waals surface area contributed by atoms with Crippen LogP contribution < -0.4 is 67.8 Å². The third-order valence-corrected chi connectivity index (χ3v) is 10.1. The fraction of sp³-hybridized carbons (Fsp3) is 0.302. The zero-order valence-corrected chi connectivity index (χ0v) is 44.0. The molecule has 0 bridgehead atoms. The van der Waals surface area contributed by atoms with E-state index in [4.69, 9.17) is 33.5 Å². The number of aryl methyl sites for hydroxylation is 3. The summed E-state index contributed by atoms with van der Waals surface area (Å²) in [5, 5.41) is 21.4. The number of rotatable bonds is 12. The summed E-state index contributed by atoms with van der Waals surface area (Å²) < 4.78 is 42.4. The molecule has 8 aromatic rings. The van der Waals surface area contributed by atoms with Gasteiger partial charge in [0.2, 0.25) is 17.7 Å². The predicted molar refractivity (Wildman–Crippen MR) is 247 cm³/mol. The predicted octanol–water partition coefficient (Wildman–Crippen LogP) is 4.22. The van der Waals surface area contributed by atoms with E-state index in [-0.39, 0.29) is 149 Å². The van der Waals surface area contributed by atoms with E-state index < -0.39 is 11.6 Å². The SMILES string of the molecule is CC(C)(C)c1noc([C-]=O)n1.Cn1cc(Nc2ncnc(-c3ccc(CCC(=O)c4nc(C(C)(C)C)no4)c(Cl)c3F)n2)cn1.Cn1cc(Nc2ncnc(-c3ccc(CN)c(Cl)c3F)n2)cn1.[K+].[OH-]. The summed E-state index contributed by atoms with van der Waals surface area (Å²) in [5.74, 6) is -0.0165. The van der Waals surface area contributed by atoms with Gasteiger partial charge in [-0.1, -0.05) is 87.2 Å². The van der Waals surface area contributed by atoms with Crippen molar-refractivity contribution in [2.45, 2.75) is 71.8 Å². The van der Waals surface area contributed by atoms with Gasteiger partial charge in [0.15, 0.2) is 34.9 Å². The van der Waals surface area contributed by atoms with E-state index in [9.17, 15) is 14.0 Å². The van der Waals surface area contributed by atoms with E-state index in [0.717, 1.165) is 0 Å². The molecule has 0 saturated carbocycles. The molecule has 6 aromatic heterocycles. The summed E-state index contributed by atoms with van der Waals surface area (Å²) in [6.45, 7) is 11.7. The molecular weight excluding hydrogens is 983 g/mol. The minimum atomic E-state index is -0.682. The van der Waals surface area contributed by atoms with Crippen LogP contribution in [0.3, 0.4) is 0 Å². The van der Waals surface area contributed by atoms with E-state index in [0.29, 0.717) is 34.2 Å². The Morgan fingerprint density at radius 1 is 0.729 bits per heavy atom. The first-order valence-electron chi connectivity index (χ1n) is 20.4. The topological polar surface area (TPSA) is 305 Å². The van der Waals surface area contributed by atoms with Crippen LogP contribution in [0.25, 0.3) is 22.8 Å². The number of carbonyl (C=O) groups excluding carboxylic acids is 2. The average molecular weight is 1030 g/mol. The maximum absolute atomic E-state index is 15.1. The summed E-state index contributed by atoms with van der Waals surface area (Å²) in [7, 11) is 3.57. The minimum absolute atomic E-state index is 0. The largest absolute Gasteiger partial charge is 1.00 e. The average Bonchev–Trinajstić information content (AvgIpc) is 4.14. The zero-order chi connectivity index (χ0) is 49.3. The molecule has 0 saturated heterocycles. The molecule has 0 spiro atoms. The molecule has 6 heterocycles. The van der Waals surface area contributed by atoms with Crippen molar-refractivity contribution in [2.75, 3.05) is 10.6 Å². The number of hydrogen-bond acceptors (Lipinski definition) is 20. The molecule has 362 valence electrons. The fourth-order valence-electron chi connectivity index (χ4n) is 5.64. The number of Topliss-reactive ketones (excluding diaryl/α,β-unsaturated/α-hetero) is 1. The van der Waals surface area contributed by atoms with Gasteiger partial charge in [-0.05, 0) is 29.7 Å². The third-order valence-electron chi connectivity index (χ3n) is 9.23. The molecule has 27 heteroatoms. The summed E-state index contributed by atoms with van der Waals surface area (Å²) >= 11 is 12.2. The number of benzene rings is 2. The van der Waals surface area contributed by atoms with E-state index in [1.54, 1.807) is 66.4 Å². The summed E-state index contributed by atoms with van der Waals surface area (Å²) in [5.41, 5.74) is 7.66. The van der Waals surface area contributed by atoms with Crippen molar-refractivity contribution in [1.29, 1.82) is 0 Å². The molecule has 0 radical (unpaired) electrons. The first kappa shape index (κ1) is 56.7. The number of aromatic nitrogens is 14. The van der Waals surface area contributed by atoms with Crippen LogP contribution in [0.4, 0.5) is 32.1 Å². The van der Waals surface area contributed by atoms with Gasteiger partial charge in [0.25, 0.3) is 5.89 Å². The van der Waals surface area contributed by atoms with E-state index >= 15 is 4.39 Å².